The highest BCUT2D eigenvalue weighted by atomic mass is 35.5. The first-order chi connectivity index (χ1) is 7.48. The van der Waals surface area contributed by atoms with Crippen molar-refractivity contribution in [2.45, 2.75) is 25.8 Å². The van der Waals surface area contributed by atoms with Crippen LogP contribution in [-0.2, 0) is 0 Å². The molecule has 0 fully saturated rings. The van der Waals surface area contributed by atoms with E-state index in [1.807, 2.05) is 6.92 Å². The first-order valence-electron chi connectivity index (χ1n) is 5.04. The summed E-state index contributed by atoms with van der Waals surface area (Å²) in [6, 6.07) is 0. The fourth-order valence-electron chi connectivity index (χ4n) is 1.50. The van der Waals surface area contributed by atoms with Crippen LogP contribution < -0.4 is 5.32 Å². The fourth-order valence-corrected chi connectivity index (χ4v) is 1.69. The number of amides is 1. The van der Waals surface area contributed by atoms with Gasteiger partial charge in [0.05, 0.1) is 11.5 Å². The monoisotopic (exact) mass is 239 g/mol. The summed E-state index contributed by atoms with van der Waals surface area (Å²) in [5.41, 5.74) is -0.716. The molecule has 0 spiro atoms. The molecule has 0 aromatic carbocycles. The molecule has 0 aromatic rings. The lowest BCUT2D eigenvalue weighted by molar-refractivity contribution is 0.182. The highest BCUT2D eigenvalue weighted by molar-refractivity contribution is 6.31. The first kappa shape index (κ1) is 12.7. The molecule has 0 bridgehead atoms. The van der Waals surface area contributed by atoms with Crippen molar-refractivity contribution in [1.29, 1.82) is 0 Å². The number of rotatable bonds is 1. The van der Waals surface area contributed by atoms with Crippen molar-refractivity contribution in [2.75, 3.05) is 0 Å². The minimum atomic E-state index is -1.07. The maximum Gasteiger partial charge on any atom is 0.405 e. The number of hydrogen-bond acceptors (Lipinski definition) is 1. The van der Waals surface area contributed by atoms with Crippen molar-refractivity contribution in [3.8, 4) is 11.8 Å². The van der Waals surface area contributed by atoms with Crippen LogP contribution in [0.15, 0.2) is 23.3 Å². The number of nitrogens with one attached hydrogen (secondary N) is 1. The van der Waals surface area contributed by atoms with Gasteiger partial charge in [0.1, 0.15) is 0 Å². The van der Waals surface area contributed by atoms with Gasteiger partial charge in [-0.2, -0.15) is 0 Å². The summed E-state index contributed by atoms with van der Waals surface area (Å²) in [6.45, 7) is 3.73. The maximum absolute atomic E-state index is 10.7. The van der Waals surface area contributed by atoms with Gasteiger partial charge in [-0.05, 0) is 19.1 Å². The van der Waals surface area contributed by atoms with Gasteiger partial charge >= 0.3 is 6.09 Å². The topological polar surface area (TPSA) is 49.3 Å². The van der Waals surface area contributed by atoms with Gasteiger partial charge in [-0.25, -0.2) is 4.79 Å². The maximum atomic E-state index is 10.7. The van der Waals surface area contributed by atoms with Crippen LogP contribution in [0.25, 0.3) is 0 Å². The van der Waals surface area contributed by atoms with E-state index in [1.165, 1.54) is 0 Å². The molecule has 0 saturated heterocycles. The molecule has 2 unspecified atom stereocenters. The summed E-state index contributed by atoms with van der Waals surface area (Å²) in [5.74, 6) is 5.72. The van der Waals surface area contributed by atoms with Gasteiger partial charge in [-0.1, -0.05) is 30.5 Å². The number of halogens is 1. The molecule has 4 heteroatoms. The molecule has 1 rings (SSSR count). The van der Waals surface area contributed by atoms with E-state index >= 15 is 0 Å². The van der Waals surface area contributed by atoms with Gasteiger partial charge in [0.25, 0.3) is 0 Å². The zero-order valence-corrected chi connectivity index (χ0v) is 10.0. The molecule has 0 radical (unpaired) electrons. The molecule has 0 saturated carbocycles. The van der Waals surface area contributed by atoms with Crippen LogP contribution in [0, 0.1) is 17.8 Å². The summed E-state index contributed by atoms with van der Waals surface area (Å²) in [7, 11) is 0. The van der Waals surface area contributed by atoms with Crippen LogP contribution in [0.3, 0.4) is 0 Å². The molecule has 0 aromatic heterocycles. The van der Waals surface area contributed by atoms with Gasteiger partial charge < -0.3 is 10.4 Å². The Hall–Kier alpha value is -1.40. The van der Waals surface area contributed by atoms with Gasteiger partial charge in [-0.15, -0.1) is 5.92 Å². The third-order valence-corrected chi connectivity index (χ3v) is 2.62. The number of carbonyl (C=O) groups is 1. The van der Waals surface area contributed by atoms with Gasteiger partial charge in [0, 0.05) is 11.5 Å². The third-order valence-electron chi connectivity index (χ3n) is 2.37. The lowest BCUT2D eigenvalue weighted by Gasteiger charge is -2.32. The number of hydrogen-bond donors (Lipinski definition) is 2. The summed E-state index contributed by atoms with van der Waals surface area (Å²) >= 11 is 5.89. The SMILES string of the molecule is CCC#CC1C=C(Cl)C=CC1(C)NC(=O)O. The van der Waals surface area contributed by atoms with E-state index < -0.39 is 11.6 Å². The minimum absolute atomic E-state index is 0.235. The van der Waals surface area contributed by atoms with E-state index in [2.05, 4.69) is 17.2 Å². The Kier molecular flexibility index (Phi) is 4.03. The predicted molar refractivity (Wildman–Crippen MR) is 64.2 cm³/mol. The second-order valence-electron chi connectivity index (χ2n) is 3.75. The summed E-state index contributed by atoms with van der Waals surface area (Å²) in [5, 5.41) is 11.8. The van der Waals surface area contributed by atoms with Crippen molar-refractivity contribution in [3.63, 3.8) is 0 Å². The number of allylic oxidation sites excluding steroid dienone is 2. The van der Waals surface area contributed by atoms with E-state index in [0.717, 1.165) is 6.42 Å². The Balaban J connectivity index is 2.98. The average Bonchev–Trinajstić information content (AvgIpc) is 2.19. The second kappa shape index (κ2) is 5.09. The highest BCUT2D eigenvalue weighted by Crippen LogP contribution is 2.28. The van der Waals surface area contributed by atoms with Gasteiger partial charge in [0.2, 0.25) is 0 Å². The molecule has 1 amide bonds. The van der Waals surface area contributed by atoms with E-state index in [9.17, 15) is 4.79 Å². The van der Waals surface area contributed by atoms with E-state index in [0.29, 0.717) is 5.03 Å². The molecular formula is C12H14ClNO2. The third kappa shape index (κ3) is 3.04. The van der Waals surface area contributed by atoms with Crippen LogP contribution in [0.1, 0.15) is 20.3 Å². The molecule has 2 atom stereocenters. The molecule has 0 aliphatic heterocycles. The van der Waals surface area contributed by atoms with Crippen LogP contribution in [-0.4, -0.2) is 16.7 Å². The Morgan fingerprint density at radius 3 is 3.00 bits per heavy atom. The first-order valence-corrected chi connectivity index (χ1v) is 5.42. The molecule has 1 aliphatic rings. The lowest BCUT2D eigenvalue weighted by Crippen LogP contribution is -2.49. The van der Waals surface area contributed by atoms with Crippen LogP contribution in [0.4, 0.5) is 4.79 Å². The standard InChI is InChI=1S/C12H14ClNO2/c1-3-4-5-9-8-10(13)6-7-12(9,2)14-11(15)16/h6-9,14H,3H2,1-2H3,(H,15,16). The predicted octanol–water partition coefficient (Wildman–Crippen LogP) is 2.73. The molecule has 1 aliphatic carbocycles. The Labute approximate surface area is 100 Å². The summed E-state index contributed by atoms with van der Waals surface area (Å²) in [6.07, 6.45) is 4.84. The Morgan fingerprint density at radius 2 is 2.44 bits per heavy atom. The fraction of sp³-hybridized carbons (Fsp3) is 0.417. The van der Waals surface area contributed by atoms with Crippen LogP contribution in [0.5, 0.6) is 0 Å². The Bertz CT molecular complexity index is 403. The zero-order chi connectivity index (χ0) is 12.2. The minimum Gasteiger partial charge on any atom is -0.465 e. The smallest absolute Gasteiger partial charge is 0.405 e. The van der Waals surface area contributed by atoms with Crippen molar-refractivity contribution in [3.05, 3.63) is 23.3 Å². The summed E-state index contributed by atoms with van der Waals surface area (Å²) in [4.78, 5) is 10.7. The zero-order valence-electron chi connectivity index (χ0n) is 9.25. The quantitative estimate of drug-likeness (QED) is 0.692. The van der Waals surface area contributed by atoms with E-state index in [1.54, 1.807) is 25.2 Å². The molecule has 0 heterocycles. The molecular weight excluding hydrogens is 226 g/mol. The van der Waals surface area contributed by atoms with Crippen molar-refractivity contribution in [2.24, 2.45) is 5.92 Å². The van der Waals surface area contributed by atoms with Crippen LogP contribution >= 0.6 is 11.6 Å². The molecule has 86 valence electrons. The molecule has 3 nitrogen and oxygen atoms in total. The van der Waals surface area contributed by atoms with Gasteiger partial charge in [-0.3, -0.25) is 0 Å². The Morgan fingerprint density at radius 1 is 1.75 bits per heavy atom. The lowest BCUT2D eigenvalue weighted by atomic mass is 9.82. The van der Waals surface area contributed by atoms with E-state index in [4.69, 9.17) is 16.7 Å². The van der Waals surface area contributed by atoms with Gasteiger partial charge in [0.15, 0.2) is 0 Å². The highest BCUT2D eigenvalue weighted by Gasteiger charge is 2.33. The molecule has 16 heavy (non-hydrogen) atoms. The number of carboxylic acid groups (broad SMARTS) is 1. The van der Waals surface area contributed by atoms with Crippen molar-refractivity contribution in [1.82, 2.24) is 5.32 Å². The molecule has 2 N–H and O–H groups in total. The average molecular weight is 240 g/mol. The largest absolute Gasteiger partial charge is 0.465 e. The van der Waals surface area contributed by atoms with Crippen molar-refractivity contribution >= 4 is 17.7 Å². The second-order valence-corrected chi connectivity index (χ2v) is 4.19. The summed E-state index contributed by atoms with van der Waals surface area (Å²) < 4.78 is 0. The van der Waals surface area contributed by atoms with Crippen LogP contribution in [0.2, 0.25) is 0 Å². The normalized spacial score (nSPS) is 27.7. The van der Waals surface area contributed by atoms with Crippen molar-refractivity contribution < 1.29 is 9.90 Å². The van der Waals surface area contributed by atoms with E-state index in [-0.39, 0.29) is 5.92 Å².